The summed E-state index contributed by atoms with van der Waals surface area (Å²) in [6, 6.07) is 73.2. The van der Waals surface area contributed by atoms with Gasteiger partial charge >= 0.3 is 0 Å². The number of benzene rings is 7. The number of nitrogens with zero attached hydrogens (tertiary/aromatic N) is 7. The maximum Gasteiger partial charge on any atom is 0.160 e. The van der Waals surface area contributed by atoms with E-state index in [2.05, 4.69) is 149 Å². The van der Waals surface area contributed by atoms with E-state index in [1.807, 2.05) is 99.0 Å². The Hall–Kier alpha value is -9.07. The van der Waals surface area contributed by atoms with Crippen molar-refractivity contribution in [1.29, 1.82) is 0 Å². The molecule has 0 N–H and O–H groups in total. The molecule has 0 aliphatic carbocycles. The molecule has 322 valence electrons. The second-order valence-corrected chi connectivity index (χ2v) is 16.7. The number of hydrogen-bond acceptors (Lipinski definition) is 7. The quantitative estimate of drug-likeness (QED) is 0.135. The third-order valence-electron chi connectivity index (χ3n) is 12.0. The van der Waals surface area contributed by atoms with Crippen molar-refractivity contribution in [1.82, 2.24) is 34.9 Å². The Balaban J connectivity index is 1.09. The third-order valence-corrected chi connectivity index (χ3v) is 12.0. The van der Waals surface area contributed by atoms with Crippen LogP contribution in [0.3, 0.4) is 0 Å². The number of hydrogen-bond donors (Lipinski definition) is 0. The van der Waals surface area contributed by atoms with Crippen molar-refractivity contribution in [3.8, 4) is 112 Å². The van der Waals surface area contributed by atoms with Crippen LogP contribution in [0.5, 0.6) is 0 Å². The van der Waals surface area contributed by atoms with E-state index in [-0.39, 0.29) is 0 Å². The lowest BCUT2D eigenvalue weighted by atomic mass is 9.88. The Kier molecular flexibility index (Phi) is 11.3. The van der Waals surface area contributed by atoms with E-state index in [9.17, 15) is 0 Å². The fourth-order valence-electron chi connectivity index (χ4n) is 8.75. The molecule has 0 unspecified atom stereocenters. The van der Waals surface area contributed by atoms with Crippen molar-refractivity contribution in [2.24, 2.45) is 0 Å². The van der Waals surface area contributed by atoms with Crippen LogP contribution in [-0.2, 0) is 0 Å². The van der Waals surface area contributed by atoms with Gasteiger partial charge in [0.25, 0.3) is 0 Å². The van der Waals surface area contributed by atoms with E-state index in [0.29, 0.717) is 11.6 Å². The first-order valence-electron chi connectivity index (χ1n) is 22.6. The van der Waals surface area contributed by atoms with Gasteiger partial charge in [-0.15, -0.1) is 0 Å². The Morgan fingerprint density at radius 1 is 0.250 bits per heavy atom. The van der Waals surface area contributed by atoms with Gasteiger partial charge in [-0.25, -0.2) is 29.9 Å². The zero-order chi connectivity index (χ0) is 45.8. The molecular formula is C61H43N7. The Morgan fingerprint density at radius 3 is 1.34 bits per heavy atom. The average Bonchev–Trinajstić information content (AvgIpc) is 3.41. The van der Waals surface area contributed by atoms with E-state index >= 15 is 0 Å². The van der Waals surface area contributed by atoms with Crippen molar-refractivity contribution in [3.63, 3.8) is 0 Å². The van der Waals surface area contributed by atoms with Gasteiger partial charge in [-0.2, -0.15) is 0 Å². The van der Waals surface area contributed by atoms with Gasteiger partial charge in [0.1, 0.15) is 5.82 Å². The molecule has 0 radical (unpaired) electrons. The molecule has 0 aliphatic rings. The summed E-state index contributed by atoms with van der Waals surface area (Å²) < 4.78 is 0. The van der Waals surface area contributed by atoms with Gasteiger partial charge in [0.05, 0.1) is 28.5 Å². The predicted octanol–water partition coefficient (Wildman–Crippen LogP) is 14.7. The van der Waals surface area contributed by atoms with Gasteiger partial charge < -0.3 is 0 Å². The first-order valence-corrected chi connectivity index (χ1v) is 22.6. The SMILES string of the molecule is Cc1cc(-c2ccc(-c3ccccc3-c3cc(-c4cccc(-c5ccncc5)c4)nc(-c4ccccc4)n3)c(-c3cccc(-c4cc(-c5ccccc5)nc(-c5ccccc5)n4)c3)c2)nc(C)n1. The lowest BCUT2D eigenvalue weighted by Gasteiger charge is -2.18. The second kappa shape index (κ2) is 18.4. The van der Waals surface area contributed by atoms with Crippen LogP contribution in [0.15, 0.2) is 225 Å². The Bertz CT molecular complexity index is 3500. The lowest BCUT2D eigenvalue weighted by molar-refractivity contribution is 1.02. The standard InChI is InChI=1S/C61H43N7/c1-40-34-55(64-41(2)63-40)50-28-29-52(54(37-50)47-23-15-25-49(36-47)57-38-56(43-16-6-3-7-17-43)65-60(66-57)44-18-8-4-9-19-44)51-26-12-13-27-53(51)59-39-58(67-61(68-59)45-20-10-5-11-21-45)48-24-14-22-46(35-48)42-30-32-62-33-31-42/h3-39H,1-2H3. The smallest absolute Gasteiger partial charge is 0.160 e. The molecule has 7 aromatic carbocycles. The molecular weight excluding hydrogens is 831 g/mol. The van der Waals surface area contributed by atoms with Crippen molar-refractivity contribution >= 4 is 0 Å². The normalized spacial score (nSPS) is 11.1. The molecule has 0 bridgehead atoms. The molecule has 11 rings (SSSR count). The minimum Gasteiger partial charge on any atom is -0.265 e. The first-order chi connectivity index (χ1) is 33.5. The fourth-order valence-corrected chi connectivity index (χ4v) is 8.75. The molecule has 0 aliphatic heterocycles. The van der Waals surface area contributed by atoms with E-state index in [0.717, 1.165) is 112 Å². The maximum absolute atomic E-state index is 5.32. The summed E-state index contributed by atoms with van der Waals surface area (Å²) in [7, 11) is 0. The summed E-state index contributed by atoms with van der Waals surface area (Å²) in [4.78, 5) is 34.5. The highest BCUT2D eigenvalue weighted by Gasteiger charge is 2.19. The number of aromatic nitrogens is 7. The number of rotatable bonds is 10. The highest BCUT2D eigenvalue weighted by atomic mass is 14.9. The van der Waals surface area contributed by atoms with Crippen LogP contribution in [0, 0.1) is 13.8 Å². The maximum atomic E-state index is 5.32. The van der Waals surface area contributed by atoms with E-state index in [4.69, 9.17) is 24.9 Å². The summed E-state index contributed by atoms with van der Waals surface area (Å²) in [5, 5.41) is 0. The summed E-state index contributed by atoms with van der Waals surface area (Å²) in [5.74, 6) is 2.04. The topological polar surface area (TPSA) is 90.2 Å². The summed E-state index contributed by atoms with van der Waals surface area (Å²) in [6.07, 6.45) is 3.64. The predicted molar refractivity (Wildman–Crippen MR) is 275 cm³/mol. The van der Waals surface area contributed by atoms with Crippen LogP contribution in [0.2, 0.25) is 0 Å². The molecule has 11 aromatic rings. The van der Waals surface area contributed by atoms with Gasteiger partial charge in [0.2, 0.25) is 0 Å². The van der Waals surface area contributed by atoms with Gasteiger partial charge in [0, 0.05) is 57.0 Å². The van der Waals surface area contributed by atoms with Crippen molar-refractivity contribution in [3.05, 3.63) is 236 Å². The molecule has 4 aromatic heterocycles. The van der Waals surface area contributed by atoms with Crippen LogP contribution in [0.4, 0.5) is 0 Å². The molecule has 0 atom stereocenters. The highest BCUT2D eigenvalue weighted by Crippen LogP contribution is 2.42. The third kappa shape index (κ3) is 8.72. The van der Waals surface area contributed by atoms with E-state index in [1.54, 1.807) is 0 Å². The molecule has 4 heterocycles. The molecule has 68 heavy (non-hydrogen) atoms. The van der Waals surface area contributed by atoms with Gasteiger partial charge in [-0.3, -0.25) is 4.98 Å². The highest BCUT2D eigenvalue weighted by molar-refractivity contribution is 5.94. The molecule has 0 fully saturated rings. The molecule has 0 saturated heterocycles. The van der Waals surface area contributed by atoms with Crippen LogP contribution in [0.25, 0.3) is 112 Å². The molecule has 0 spiro atoms. The van der Waals surface area contributed by atoms with Crippen LogP contribution in [-0.4, -0.2) is 34.9 Å². The average molecular weight is 874 g/mol. The van der Waals surface area contributed by atoms with Gasteiger partial charge in [-0.05, 0) is 95.8 Å². The number of pyridine rings is 1. The minimum absolute atomic E-state index is 0.648. The minimum atomic E-state index is 0.648. The van der Waals surface area contributed by atoms with Crippen molar-refractivity contribution in [2.75, 3.05) is 0 Å². The first kappa shape index (κ1) is 41.6. The van der Waals surface area contributed by atoms with Gasteiger partial charge in [0.15, 0.2) is 11.6 Å². The second-order valence-electron chi connectivity index (χ2n) is 16.7. The summed E-state index contributed by atoms with van der Waals surface area (Å²) in [5.41, 5.74) is 18.3. The van der Waals surface area contributed by atoms with Gasteiger partial charge in [-0.1, -0.05) is 164 Å². The zero-order valence-corrected chi connectivity index (χ0v) is 37.5. The van der Waals surface area contributed by atoms with Crippen LogP contribution in [0.1, 0.15) is 11.5 Å². The fraction of sp³-hybridized carbons (Fsp3) is 0.0328. The monoisotopic (exact) mass is 873 g/mol. The molecule has 7 heteroatoms. The van der Waals surface area contributed by atoms with Crippen molar-refractivity contribution in [2.45, 2.75) is 13.8 Å². The molecule has 0 amide bonds. The van der Waals surface area contributed by atoms with E-state index < -0.39 is 0 Å². The van der Waals surface area contributed by atoms with E-state index in [1.165, 1.54) is 0 Å². The Morgan fingerprint density at radius 2 is 0.706 bits per heavy atom. The molecule has 0 saturated carbocycles. The largest absolute Gasteiger partial charge is 0.265 e. The summed E-state index contributed by atoms with van der Waals surface area (Å²) >= 11 is 0. The summed E-state index contributed by atoms with van der Waals surface area (Å²) in [6.45, 7) is 3.95. The van der Waals surface area contributed by atoms with Crippen LogP contribution >= 0.6 is 0 Å². The lowest BCUT2D eigenvalue weighted by Crippen LogP contribution is -1.98. The van der Waals surface area contributed by atoms with Crippen molar-refractivity contribution < 1.29 is 0 Å². The van der Waals surface area contributed by atoms with Crippen LogP contribution < -0.4 is 0 Å². The molecule has 7 nitrogen and oxygen atoms in total. The Labute approximate surface area is 395 Å². The number of aryl methyl sites for hydroxylation is 2. The zero-order valence-electron chi connectivity index (χ0n) is 37.5.